The number of hydrogen-bond acceptors (Lipinski definition) is 14. The Balaban J connectivity index is 0.0000109. The van der Waals surface area contributed by atoms with E-state index in [0.29, 0.717) is 17.5 Å². The first-order valence-electron chi connectivity index (χ1n) is 29.3. The molecule has 1 saturated heterocycles. The van der Waals surface area contributed by atoms with E-state index in [1.165, 1.54) is 109 Å². The maximum absolute atomic E-state index is 14.0. The molecule has 1 heterocycles. The molecule has 4 rings (SSSR count). The molecular weight excluding hydrogens is 1080 g/mol. The fraction of sp³-hybridized carbons (Fsp3) is 0.656. The van der Waals surface area contributed by atoms with Crippen LogP contribution in [0.2, 0.25) is 0 Å². The first-order chi connectivity index (χ1) is 37.8. The van der Waals surface area contributed by atoms with E-state index in [-0.39, 0.29) is 97.9 Å². The summed E-state index contributed by atoms with van der Waals surface area (Å²) in [6.07, 6.45) is 25.1. The van der Waals surface area contributed by atoms with Gasteiger partial charge in [0.1, 0.15) is 24.4 Å². The zero-order chi connectivity index (χ0) is 55.9. The minimum Gasteiger partial charge on any atom is -0.726 e. The smallest absolute Gasteiger partial charge is 0.726 e. The Morgan fingerprint density at radius 2 is 0.975 bits per heavy atom. The van der Waals surface area contributed by atoms with E-state index < -0.39 is 70.3 Å². The summed E-state index contributed by atoms with van der Waals surface area (Å²) in [7, 11) is -10.9. The number of rotatable bonds is 46. The van der Waals surface area contributed by atoms with Crippen LogP contribution < -0.4 is 64.4 Å². The molecule has 0 radical (unpaired) electrons. The fourth-order valence-electron chi connectivity index (χ4n) is 9.68. The quantitative estimate of drug-likeness (QED) is 0.0198. The Kier molecular flexibility index (Phi) is 42.6. The summed E-state index contributed by atoms with van der Waals surface area (Å²) in [4.78, 5) is 14.0. The van der Waals surface area contributed by atoms with Crippen molar-refractivity contribution in [1.29, 1.82) is 0 Å². The van der Waals surface area contributed by atoms with E-state index in [2.05, 4.69) is 29.4 Å². The van der Waals surface area contributed by atoms with Crippen molar-refractivity contribution in [3.05, 3.63) is 120 Å². The predicted molar refractivity (Wildman–Crippen MR) is 302 cm³/mol. The zero-order valence-electron chi connectivity index (χ0n) is 48.8. The van der Waals surface area contributed by atoms with E-state index in [4.69, 9.17) is 27.9 Å². The van der Waals surface area contributed by atoms with Gasteiger partial charge in [-0.3, -0.25) is 13.2 Å². The second-order valence-corrected chi connectivity index (χ2v) is 22.8. The fourth-order valence-corrected chi connectivity index (χ4v) is 10.5. The van der Waals surface area contributed by atoms with Crippen molar-refractivity contribution in [3.8, 4) is 0 Å². The summed E-state index contributed by atoms with van der Waals surface area (Å²) in [6.45, 7) is 3.15. The largest absolute Gasteiger partial charge is 1.00 e. The summed E-state index contributed by atoms with van der Waals surface area (Å²) in [6, 6.07) is 26.8. The van der Waals surface area contributed by atoms with E-state index in [0.717, 1.165) is 50.5 Å². The Morgan fingerprint density at radius 1 is 0.550 bits per heavy atom. The van der Waals surface area contributed by atoms with Gasteiger partial charge >= 0.3 is 59.1 Å². The minimum absolute atomic E-state index is 0. The maximum Gasteiger partial charge on any atom is 1.00 e. The number of allylic oxidation sites excluding steroid dienone is 1. The van der Waals surface area contributed by atoms with Gasteiger partial charge in [-0.15, -0.1) is 0 Å². The van der Waals surface area contributed by atoms with Crippen molar-refractivity contribution in [2.75, 3.05) is 13.2 Å². The van der Waals surface area contributed by atoms with Crippen molar-refractivity contribution in [2.45, 2.75) is 243 Å². The van der Waals surface area contributed by atoms with Crippen LogP contribution in [-0.2, 0) is 77.5 Å². The molecule has 1 fully saturated rings. The Hall–Kier alpha value is -1.59. The molecule has 0 bridgehead atoms. The number of carbonyl (C=O) groups excluding carboxylic acids is 1. The number of carbonyl (C=O) groups is 1. The van der Waals surface area contributed by atoms with Gasteiger partial charge in [0, 0.05) is 6.42 Å². The second-order valence-electron chi connectivity index (χ2n) is 20.7. The molecule has 1 N–H and O–H groups in total. The summed E-state index contributed by atoms with van der Waals surface area (Å²) in [5.41, 5.74) is 2.29. The van der Waals surface area contributed by atoms with Crippen molar-refractivity contribution in [2.24, 2.45) is 0 Å². The third-order valence-corrected chi connectivity index (χ3v) is 14.9. The Bertz CT molecular complexity index is 2240. The van der Waals surface area contributed by atoms with Gasteiger partial charge in [-0.05, 0) is 36.0 Å². The maximum atomic E-state index is 14.0. The van der Waals surface area contributed by atoms with Crippen molar-refractivity contribution in [1.82, 2.24) is 5.32 Å². The minimum atomic E-state index is -5.52. The molecule has 7 atom stereocenters. The van der Waals surface area contributed by atoms with E-state index in [1.807, 2.05) is 66.7 Å². The normalized spacial score (nSPS) is 18.3. The molecule has 0 aromatic heterocycles. The standard InChI is InChI=1S/C61H95NO14S2.2Na/c1-3-5-7-9-11-13-15-17-19-21-23-25-36-44-55(70-46-51-38-30-27-31-39-51)54(62-57(63)45-37-26-24-22-20-18-16-14-12-10-8-6-4-2)49-73-61-60(72-48-53-42-34-29-35-43-53)59(71-47-52-40-32-28-33-41-52)58(76-78(67,68)69)56(75-61)50-74-77(64,65)66;;/h27-36,38-44,54-56,58-61H,3-26,37,45-50H2,1-2H3,(H,62,63)(H,64,65,66)(H,67,68,69);;/q;2*+1/p-2/b44-36+;;/t54-,55+,56-,58+,59-,60-,61+;;/m0../s1. The molecule has 80 heavy (non-hydrogen) atoms. The molecule has 0 spiro atoms. The molecular formula is C61H93NNa2O14S2. The van der Waals surface area contributed by atoms with Crippen LogP contribution >= 0.6 is 0 Å². The number of nitrogens with one attached hydrogen (secondary N) is 1. The third kappa shape index (κ3) is 35.0. The average Bonchev–Trinajstić information content (AvgIpc) is 3.56. The van der Waals surface area contributed by atoms with Gasteiger partial charge in [0.25, 0.3) is 0 Å². The molecule has 15 nitrogen and oxygen atoms in total. The zero-order valence-corrected chi connectivity index (χ0v) is 54.4. The summed E-state index contributed by atoms with van der Waals surface area (Å²) >= 11 is 0. The molecule has 440 valence electrons. The first-order valence-corrected chi connectivity index (χ1v) is 32.0. The van der Waals surface area contributed by atoms with Gasteiger partial charge in [-0.25, -0.2) is 16.8 Å². The monoisotopic (exact) mass is 1170 g/mol. The molecule has 1 aliphatic heterocycles. The first kappa shape index (κ1) is 74.5. The van der Waals surface area contributed by atoms with Crippen LogP contribution in [0.1, 0.15) is 197 Å². The van der Waals surface area contributed by atoms with Gasteiger partial charge in [0.15, 0.2) is 6.29 Å². The molecule has 0 unspecified atom stereocenters. The van der Waals surface area contributed by atoms with Gasteiger partial charge in [0.2, 0.25) is 26.7 Å². The predicted octanol–water partition coefficient (Wildman–Crippen LogP) is 7.04. The topological polar surface area (TPSA) is 208 Å². The van der Waals surface area contributed by atoms with Crippen LogP contribution in [0, 0.1) is 0 Å². The Morgan fingerprint density at radius 3 is 1.43 bits per heavy atom. The summed E-state index contributed by atoms with van der Waals surface area (Å²) in [5.74, 6) is -0.203. The number of ether oxygens (including phenoxy) is 5. The van der Waals surface area contributed by atoms with Crippen LogP contribution in [0.4, 0.5) is 0 Å². The number of hydrogen-bond donors (Lipinski definition) is 1. The number of unbranched alkanes of at least 4 members (excludes halogenated alkanes) is 23. The molecule has 0 saturated carbocycles. The molecule has 3 aromatic rings. The third-order valence-electron chi connectivity index (χ3n) is 14.0. The van der Waals surface area contributed by atoms with Crippen molar-refractivity contribution >= 4 is 26.7 Å². The Labute approximate surface area is 526 Å². The second kappa shape index (κ2) is 45.7. The summed E-state index contributed by atoms with van der Waals surface area (Å²) in [5, 5.41) is 3.20. The van der Waals surface area contributed by atoms with Crippen LogP contribution in [0.25, 0.3) is 0 Å². The van der Waals surface area contributed by atoms with Gasteiger partial charge in [-0.1, -0.05) is 258 Å². The molecule has 0 aliphatic carbocycles. The van der Waals surface area contributed by atoms with Crippen LogP contribution in [0.5, 0.6) is 0 Å². The molecule has 3 aromatic carbocycles. The van der Waals surface area contributed by atoms with Gasteiger partial charge < -0.3 is 38.1 Å². The van der Waals surface area contributed by atoms with Gasteiger partial charge in [-0.2, -0.15) is 0 Å². The van der Waals surface area contributed by atoms with E-state index in [9.17, 15) is 30.7 Å². The van der Waals surface area contributed by atoms with Crippen LogP contribution in [-0.4, -0.2) is 87.9 Å². The molecule has 1 aliphatic rings. The van der Waals surface area contributed by atoms with E-state index in [1.54, 1.807) is 30.3 Å². The van der Waals surface area contributed by atoms with Crippen molar-refractivity contribution in [3.63, 3.8) is 0 Å². The number of benzene rings is 3. The average molecular weight is 1170 g/mol. The molecule has 19 heteroatoms. The summed E-state index contributed by atoms with van der Waals surface area (Å²) < 4.78 is 115. The van der Waals surface area contributed by atoms with Crippen molar-refractivity contribution < 1.29 is 122 Å². The van der Waals surface area contributed by atoms with Crippen LogP contribution in [0.3, 0.4) is 0 Å². The molecule has 1 amide bonds. The number of amides is 1. The SMILES string of the molecule is CCCCCCCCCCCCC/C=C/[C@@H](OCc1ccccc1)[C@H](CO[C@@H]1O[C@@H](COS(=O)(=O)[O-])[C@@H](OS(=O)(=O)[O-])[C@H](OCc2ccccc2)[C@@H]1OCc1ccccc1)NC(=O)CCCCCCCCCCCCCCC.[Na+].[Na+]. The van der Waals surface area contributed by atoms with E-state index >= 15 is 0 Å². The van der Waals surface area contributed by atoms with Crippen LogP contribution in [0.15, 0.2) is 103 Å². The van der Waals surface area contributed by atoms with Gasteiger partial charge in [0.05, 0.1) is 45.2 Å².